The van der Waals surface area contributed by atoms with Crippen molar-refractivity contribution in [3.05, 3.63) is 0 Å². The van der Waals surface area contributed by atoms with Crippen molar-refractivity contribution in [2.45, 2.75) is 12.8 Å². The minimum absolute atomic E-state index is 0.477. The van der Waals surface area contributed by atoms with Crippen molar-refractivity contribution in [2.24, 2.45) is 0 Å². The molecule has 0 unspecified atom stereocenters. The number of carbonyl (C=O) groups excluding carboxylic acids is 2. The van der Waals surface area contributed by atoms with Crippen LogP contribution in [-0.2, 0) is 17.4 Å². The second-order valence-corrected chi connectivity index (χ2v) is 2.18. The molecule has 0 atom stereocenters. The molecule has 0 aliphatic heterocycles. The van der Waals surface area contributed by atoms with E-state index in [2.05, 4.69) is 3.07 Å². The average molecular weight is 272 g/mol. The standard InChI is InChI=1S/C5H5IO5/c6-11-5(10)2-3(7)1-4(8)9/h1-2H2,(H,8,9). The third-order valence-electron chi connectivity index (χ3n) is 0.776. The molecule has 0 aliphatic carbocycles. The van der Waals surface area contributed by atoms with Crippen molar-refractivity contribution in [2.75, 3.05) is 0 Å². The lowest BCUT2D eigenvalue weighted by atomic mass is 10.2. The summed E-state index contributed by atoms with van der Waals surface area (Å²) in [4.78, 5) is 30.8. The molecule has 1 N–H and O–H groups in total. The second-order valence-electron chi connectivity index (χ2n) is 1.74. The number of halogens is 1. The van der Waals surface area contributed by atoms with Gasteiger partial charge < -0.3 is 8.17 Å². The van der Waals surface area contributed by atoms with Crippen LogP contribution in [0.25, 0.3) is 0 Å². The molecule has 0 aromatic heterocycles. The largest absolute Gasteiger partial charge is 0.481 e. The van der Waals surface area contributed by atoms with Crippen LogP contribution in [0.3, 0.4) is 0 Å². The molecular weight excluding hydrogens is 267 g/mol. The number of carboxylic acid groups (broad SMARTS) is 1. The molecule has 0 rings (SSSR count). The van der Waals surface area contributed by atoms with E-state index in [9.17, 15) is 14.4 Å². The van der Waals surface area contributed by atoms with E-state index in [1.807, 2.05) is 0 Å². The fourth-order valence-corrected chi connectivity index (χ4v) is 0.575. The van der Waals surface area contributed by atoms with Gasteiger partial charge in [-0.25, -0.2) is 0 Å². The van der Waals surface area contributed by atoms with Gasteiger partial charge in [-0.2, -0.15) is 0 Å². The predicted molar refractivity (Wildman–Crippen MR) is 42.0 cm³/mol. The van der Waals surface area contributed by atoms with Crippen molar-refractivity contribution in [3.63, 3.8) is 0 Å². The molecule has 0 saturated heterocycles. The summed E-state index contributed by atoms with van der Waals surface area (Å²) in [6, 6.07) is 0. The van der Waals surface area contributed by atoms with Gasteiger partial charge in [0, 0.05) is 0 Å². The number of aliphatic carboxylic acids is 1. The van der Waals surface area contributed by atoms with E-state index in [1.165, 1.54) is 23.0 Å². The number of Topliss-reactive ketones (excluding diaryl/α,β-unsaturated/α-hetero) is 1. The molecule has 62 valence electrons. The third-order valence-corrected chi connectivity index (χ3v) is 1.27. The van der Waals surface area contributed by atoms with Crippen LogP contribution in [0.15, 0.2) is 0 Å². The first kappa shape index (κ1) is 10.3. The van der Waals surface area contributed by atoms with Crippen LogP contribution in [0.5, 0.6) is 0 Å². The normalized spacial score (nSPS) is 8.82. The van der Waals surface area contributed by atoms with Gasteiger partial charge >= 0.3 is 11.9 Å². The van der Waals surface area contributed by atoms with Gasteiger partial charge in [-0.1, -0.05) is 0 Å². The van der Waals surface area contributed by atoms with E-state index >= 15 is 0 Å². The summed E-state index contributed by atoms with van der Waals surface area (Å²) >= 11 is 1.33. The number of carboxylic acids is 1. The number of hydrogen-bond acceptors (Lipinski definition) is 4. The SMILES string of the molecule is O=C(O)CC(=O)CC(=O)OI. The zero-order chi connectivity index (χ0) is 8.85. The zero-order valence-corrected chi connectivity index (χ0v) is 7.53. The molecule has 0 heterocycles. The quantitative estimate of drug-likeness (QED) is 0.588. The molecule has 0 amide bonds. The Bertz CT molecular complexity index is 187. The summed E-state index contributed by atoms with van der Waals surface area (Å²) < 4.78 is 4.12. The first-order valence-electron chi connectivity index (χ1n) is 2.61. The summed E-state index contributed by atoms with van der Waals surface area (Å²) in [5, 5.41) is 8.09. The van der Waals surface area contributed by atoms with Crippen molar-refractivity contribution < 1.29 is 22.6 Å². The maximum Gasteiger partial charge on any atom is 0.322 e. The smallest absolute Gasteiger partial charge is 0.322 e. The molecule has 0 bridgehead atoms. The van der Waals surface area contributed by atoms with Gasteiger partial charge in [-0.3, -0.25) is 14.4 Å². The van der Waals surface area contributed by atoms with E-state index in [1.54, 1.807) is 0 Å². The summed E-state index contributed by atoms with van der Waals surface area (Å²) in [7, 11) is 0. The summed E-state index contributed by atoms with van der Waals surface area (Å²) in [5.74, 6) is -2.62. The van der Waals surface area contributed by atoms with Crippen molar-refractivity contribution in [1.29, 1.82) is 0 Å². The van der Waals surface area contributed by atoms with Gasteiger partial charge in [-0.05, 0) is 0 Å². The molecule has 0 saturated carbocycles. The van der Waals surface area contributed by atoms with Crippen LogP contribution in [0, 0.1) is 0 Å². The van der Waals surface area contributed by atoms with E-state index in [4.69, 9.17) is 5.11 Å². The van der Waals surface area contributed by atoms with Gasteiger partial charge in [0.15, 0.2) is 28.8 Å². The first-order chi connectivity index (χ1) is 5.06. The molecule has 0 aliphatic rings. The highest BCUT2D eigenvalue weighted by molar-refractivity contribution is 14.1. The lowest BCUT2D eigenvalue weighted by Gasteiger charge is -1.93. The minimum atomic E-state index is -1.24. The monoisotopic (exact) mass is 272 g/mol. The van der Waals surface area contributed by atoms with Gasteiger partial charge in [-0.15, -0.1) is 0 Å². The predicted octanol–water partition coefficient (Wildman–Crippen LogP) is 0.313. The number of hydrogen-bond donors (Lipinski definition) is 1. The van der Waals surface area contributed by atoms with E-state index in [0.29, 0.717) is 0 Å². The van der Waals surface area contributed by atoms with Crippen LogP contribution in [0.1, 0.15) is 12.8 Å². The average Bonchev–Trinajstić information content (AvgIpc) is 1.85. The maximum atomic E-state index is 10.5. The van der Waals surface area contributed by atoms with Crippen molar-refractivity contribution in [1.82, 2.24) is 0 Å². The Morgan fingerprint density at radius 3 is 2.18 bits per heavy atom. The lowest BCUT2D eigenvalue weighted by Crippen LogP contribution is -2.11. The van der Waals surface area contributed by atoms with Crippen molar-refractivity contribution >= 4 is 40.7 Å². The molecule has 0 fully saturated rings. The van der Waals surface area contributed by atoms with Crippen LogP contribution in [-0.4, -0.2) is 22.8 Å². The zero-order valence-electron chi connectivity index (χ0n) is 5.37. The highest BCUT2D eigenvalue weighted by atomic mass is 127. The Morgan fingerprint density at radius 2 is 1.82 bits per heavy atom. The van der Waals surface area contributed by atoms with Crippen molar-refractivity contribution in [3.8, 4) is 0 Å². The van der Waals surface area contributed by atoms with Crippen LogP contribution in [0.2, 0.25) is 0 Å². The highest BCUT2D eigenvalue weighted by Gasteiger charge is 2.12. The Morgan fingerprint density at radius 1 is 1.27 bits per heavy atom. The van der Waals surface area contributed by atoms with Gasteiger partial charge in [0.25, 0.3) is 0 Å². The number of rotatable bonds is 4. The summed E-state index contributed by atoms with van der Waals surface area (Å²) in [6.45, 7) is 0. The van der Waals surface area contributed by atoms with E-state index in [0.717, 1.165) is 0 Å². The topological polar surface area (TPSA) is 80.7 Å². The molecule has 0 spiro atoms. The molecule has 6 heteroatoms. The third kappa shape index (κ3) is 5.77. The molecule has 11 heavy (non-hydrogen) atoms. The Kier molecular flexibility index (Phi) is 4.75. The summed E-state index contributed by atoms with van der Waals surface area (Å²) in [5.41, 5.74) is 0. The van der Waals surface area contributed by atoms with Crippen LogP contribution in [0.4, 0.5) is 0 Å². The lowest BCUT2D eigenvalue weighted by molar-refractivity contribution is -0.141. The minimum Gasteiger partial charge on any atom is -0.481 e. The molecule has 0 aromatic rings. The second kappa shape index (κ2) is 5.05. The van der Waals surface area contributed by atoms with Gasteiger partial charge in [0.05, 0.1) is 0 Å². The highest BCUT2D eigenvalue weighted by Crippen LogP contribution is 1.96. The Labute approximate surface area is 76.4 Å². The summed E-state index contributed by atoms with van der Waals surface area (Å²) in [6.07, 6.45) is -1.11. The molecule has 5 nitrogen and oxygen atoms in total. The Balaban J connectivity index is 3.70. The van der Waals surface area contributed by atoms with Gasteiger partial charge in [0.2, 0.25) is 0 Å². The number of carbonyl (C=O) groups is 3. The first-order valence-corrected chi connectivity index (χ1v) is 3.49. The van der Waals surface area contributed by atoms with Crippen LogP contribution >= 0.6 is 23.0 Å². The fourth-order valence-electron chi connectivity index (χ4n) is 0.419. The molecular formula is C5H5IO5. The fraction of sp³-hybridized carbons (Fsp3) is 0.400. The van der Waals surface area contributed by atoms with Gasteiger partial charge in [0.1, 0.15) is 12.8 Å². The molecule has 0 radical (unpaired) electrons. The van der Waals surface area contributed by atoms with Crippen LogP contribution < -0.4 is 0 Å². The maximum absolute atomic E-state index is 10.5. The molecule has 0 aromatic carbocycles. The van der Waals surface area contributed by atoms with E-state index < -0.39 is 30.6 Å². The Hall–Kier alpha value is -0.660. The van der Waals surface area contributed by atoms with E-state index in [-0.39, 0.29) is 0 Å². The number of ketones is 1.